The van der Waals surface area contributed by atoms with Gasteiger partial charge in [-0.05, 0) is 25.2 Å². The van der Waals surface area contributed by atoms with Gasteiger partial charge < -0.3 is 15.8 Å². The Hall–Kier alpha value is -0.320. The number of carbonyl (C=O) groups excluding carboxylic acids is 1. The van der Waals surface area contributed by atoms with Gasteiger partial charge in [-0.3, -0.25) is 4.79 Å². The van der Waals surface area contributed by atoms with E-state index in [0.717, 1.165) is 6.42 Å². The van der Waals surface area contributed by atoms with Crippen LogP contribution in [0.3, 0.4) is 0 Å². The van der Waals surface area contributed by atoms with Crippen molar-refractivity contribution in [3.8, 4) is 0 Å². The molecule has 3 N–H and O–H groups in total. The number of hydrogen-bond acceptors (Lipinski definition) is 3. The molecule has 5 heteroatoms. The molecule has 0 saturated heterocycles. The molecule has 1 aliphatic carbocycles. The molecule has 0 bridgehead atoms. The number of amides is 1. The SMILES string of the molecule is CC(C)C[C@H](N)C(=O)NCCOC1CCCC1.Cl. The van der Waals surface area contributed by atoms with E-state index in [1.165, 1.54) is 25.7 Å². The van der Waals surface area contributed by atoms with Gasteiger partial charge in [-0.2, -0.15) is 0 Å². The second-order valence-corrected chi connectivity index (χ2v) is 5.30. The second kappa shape index (κ2) is 9.59. The Bertz CT molecular complexity index is 231. The van der Waals surface area contributed by atoms with E-state index in [9.17, 15) is 4.79 Å². The summed E-state index contributed by atoms with van der Waals surface area (Å²) in [6, 6.07) is -0.388. The summed E-state index contributed by atoms with van der Waals surface area (Å²) in [6.45, 7) is 5.30. The highest BCUT2D eigenvalue weighted by molar-refractivity contribution is 5.85. The maximum atomic E-state index is 11.6. The van der Waals surface area contributed by atoms with E-state index >= 15 is 0 Å². The summed E-state index contributed by atoms with van der Waals surface area (Å²) >= 11 is 0. The number of nitrogens with one attached hydrogen (secondary N) is 1. The first-order valence-electron chi connectivity index (χ1n) is 6.74. The van der Waals surface area contributed by atoms with Crippen molar-refractivity contribution in [2.45, 2.75) is 58.1 Å². The van der Waals surface area contributed by atoms with Crippen LogP contribution in [0.4, 0.5) is 0 Å². The van der Waals surface area contributed by atoms with Gasteiger partial charge in [0.15, 0.2) is 0 Å². The standard InChI is InChI=1S/C13H26N2O2.ClH/c1-10(2)9-12(14)13(16)15-7-8-17-11-5-3-4-6-11;/h10-12H,3-9,14H2,1-2H3,(H,15,16);1H/t12-;/m0./s1. The van der Waals surface area contributed by atoms with Crippen molar-refractivity contribution < 1.29 is 9.53 Å². The average molecular weight is 279 g/mol. The van der Waals surface area contributed by atoms with Gasteiger partial charge >= 0.3 is 0 Å². The van der Waals surface area contributed by atoms with Gasteiger partial charge in [0.2, 0.25) is 5.91 Å². The van der Waals surface area contributed by atoms with E-state index in [-0.39, 0.29) is 24.4 Å². The molecule has 4 nitrogen and oxygen atoms in total. The van der Waals surface area contributed by atoms with Crippen LogP contribution < -0.4 is 11.1 Å². The van der Waals surface area contributed by atoms with Crippen molar-refractivity contribution in [3.63, 3.8) is 0 Å². The van der Waals surface area contributed by atoms with E-state index in [4.69, 9.17) is 10.5 Å². The fourth-order valence-corrected chi connectivity index (χ4v) is 2.20. The molecular weight excluding hydrogens is 252 g/mol. The Labute approximate surface area is 116 Å². The van der Waals surface area contributed by atoms with Gasteiger partial charge in [-0.15, -0.1) is 12.4 Å². The molecule has 1 atom stereocenters. The fourth-order valence-electron chi connectivity index (χ4n) is 2.20. The Morgan fingerprint density at radius 3 is 2.56 bits per heavy atom. The van der Waals surface area contributed by atoms with Crippen molar-refractivity contribution in [2.75, 3.05) is 13.2 Å². The van der Waals surface area contributed by atoms with Crippen LogP contribution >= 0.6 is 12.4 Å². The number of carbonyl (C=O) groups is 1. The van der Waals surface area contributed by atoms with Crippen molar-refractivity contribution in [1.82, 2.24) is 5.32 Å². The molecule has 1 saturated carbocycles. The van der Waals surface area contributed by atoms with Crippen molar-refractivity contribution in [3.05, 3.63) is 0 Å². The molecule has 0 heterocycles. The van der Waals surface area contributed by atoms with Crippen LogP contribution in [0.1, 0.15) is 46.0 Å². The third kappa shape index (κ3) is 7.19. The zero-order chi connectivity index (χ0) is 12.7. The average Bonchev–Trinajstić information content (AvgIpc) is 2.75. The van der Waals surface area contributed by atoms with Crippen LogP contribution in [0, 0.1) is 5.92 Å². The van der Waals surface area contributed by atoms with Crippen LogP contribution in [0.25, 0.3) is 0 Å². The lowest BCUT2D eigenvalue weighted by Crippen LogP contribution is -2.42. The Morgan fingerprint density at radius 2 is 2.00 bits per heavy atom. The molecule has 1 amide bonds. The monoisotopic (exact) mass is 278 g/mol. The number of hydrogen-bond donors (Lipinski definition) is 2. The third-order valence-corrected chi connectivity index (χ3v) is 3.12. The molecule has 0 radical (unpaired) electrons. The van der Waals surface area contributed by atoms with Crippen LogP contribution in [0.15, 0.2) is 0 Å². The molecule has 18 heavy (non-hydrogen) atoms. The van der Waals surface area contributed by atoms with E-state index in [2.05, 4.69) is 19.2 Å². The molecule has 0 aromatic heterocycles. The summed E-state index contributed by atoms with van der Waals surface area (Å²) in [6.07, 6.45) is 6.03. The van der Waals surface area contributed by atoms with E-state index in [1.54, 1.807) is 0 Å². The molecule has 0 aromatic rings. The summed E-state index contributed by atoms with van der Waals surface area (Å²) in [5, 5.41) is 2.82. The predicted octanol–water partition coefficient (Wildman–Crippen LogP) is 1.86. The molecule has 1 rings (SSSR count). The largest absolute Gasteiger partial charge is 0.376 e. The Kier molecular flexibility index (Phi) is 9.42. The Balaban J connectivity index is 0.00000289. The van der Waals surface area contributed by atoms with Crippen molar-refractivity contribution in [1.29, 1.82) is 0 Å². The molecule has 1 aliphatic rings. The first-order valence-corrected chi connectivity index (χ1v) is 6.74. The maximum Gasteiger partial charge on any atom is 0.237 e. The summed E-state index contributed by atoms with van der Waals surface area (Å²) in [4.78, 5) is 11.6. The maximum absolute atomic E-state index is 11.6. The summed E-state index contributed by atoms with van der Waals surface area (Å²) in [7, 11) is 0. The van der Waals surface area contributed by atoms with Crippen molar-refractivity contribution >= 4 is 18.3 Å². The van der Waals surface area contributed by atoms with E-state index in [0.29, 0.717) is 25.2 Å². The summed E-state index contributed by atoms with van der Waals surface area (Å²) in [5.41, 5.74) is 5.77. The van der Waals surface area contributed by atoms with Gasteiger partial charge in [-0.25, -0.2) is 0 Å². The molecule has 0 unspecified atom stereocenters. The fraction of sp³-hybridized carbons (Fsp3) is 0.923. The molecule has 0 aromatic carbocycles. The summed E-state index contributed by atoms with van der Waals surface area (Å²) in [5.74, 6) is 0.388. The van der Waals surface area contributed by atoms with Gasteiger partial charge in [0.25, 0.3) is 0 Å². The minimum absolute atomic E-state index is 0. The molecule has 0 spiro atoms. The van der Waals surface area contributed by atoms with Crippen LogP contribution in [-0.2, 0) is 9.53 Å². The molecular formula is C13H27ClN2O2. The van der Waals surface area contributed by atoms with Crippen LogP contribution in [-0.4, -0.2) is 31.2 Å². The molecule has 1 fully saturated rings. The van der Waals surface area contributed by atoms with Gasteiger partial charge in [0, 0.05) is 6.54 Å². The highest BCUT2D eigenvalue weighted by Gasteiger charge is 2.16. The highest BCUT2D eigenvalue weighted by Crippen LogP contribution is 2.20. The molecule has 108 valence electrons. The third-order valence-electron chi connectivity index (χ3n) is 3.12. The highest BCUT2D eigenvalue weighted by atomic mass is 35.5. The van der Waals surface area contributed by atoms with Gasteiger partial charge in [0.1, 0.15) is 0 Å². The van der Waals surface area contributed by atoms with Crippen LogP contribution in [0.5, 0.6) is 0 Å². The zero-order valence-electron chi connectivity index (χ0n) is 11.5. The van der Waals surface area contributed by atoms with E-state index < -0.39 is 0 Å². The lowest BCUT2D eigenvalue weighted by Gasteiger charge is -2.15. The van der Waals surface area contributed by atoms with Gasteiger partial charge in [-0.1, -0.05) is 26.7 Å². The normalized spacial score (nSPS) is 17.6. The first kappa shape index (κ1) is 17.7. The predicted molar refractivity (Wildman–Crippen MR) is 75.9 cm³/mol. The second-order valence-electron chi connectivity index (χ2n) is 5.30. The first-order chi connectivity index (χ1) is 8.09. The quantitative estimate of drug-likeness (QED) is 0.699. The smallest absolute Gasteiger partial charge is 0.237 e. The lowest BCUT2D eigenvalue weighted by atomic mass is 10.0. The number of halogens is 1. The van der Waals surface area contributed by atoms with Crippen molar-refractivity contribution in [2.24, 2.45) is 11.7 Å². The zero-order valence-corrected chi connectivity index (χ0v) is 12.3. The Morgan fingerprint density at radius 1 is 1.39 bits per heavy atom. The minimum Gasteiger partial charge on any atom is -0.376 e. The topological polar surface area (TPSA) is 64.4 Å². The summed E-state index contributed by atoms with van der Waals surface area (Å²) < 4.78 is 5.66. The molecule has 0 aliphatic heterocycles. The van der Waals surface area contributed by atoms with Crippen LogP contribution in [0.2, 0.25) is 0 Å². The van der Waals surface area contributed by atoms with Gasteiger partial charge in [0.05, 0.1) is 18.8 Å². The lowest BCUT2D eigenvalue weighted by molar-refractivity contribution is -0.123. The minimum atomic E-state index is -0.388. The van der Waals surface area contributed by atoms with E-state index in [1.807, 2.05) is 0 Å². The number of ether oxygens (including phenoxy) is 1. The number of nitrogens with two attached hydrogens (primary N) is 1. The number of rotatable bonds is 7.